The number of aromatic nitrogens is 1. The third kappa shape index (κ3) is 2.97. The van der Waals surface area contributed by atoms with Crippen LogP contribution in [0.5, 0.6) is 0 Å². The van der Waals surface area contributed by atoms with E-state index in [1.54, 1.807) is 6.92 Å². The summed E-state index contributed by atoms with van der Waals surface area (Å²) in [6.07, 6.45) is 3.87. The second-order valence-electron chi connectivity index (χ2n) is 5.37. The maximum Gasteiger partial charge on any atom is 0.134 e. The molecule has 17 heavy (non-hydrogen) atoms. The Morgan fingerprint density at radius 1 is 1.41 bits per heavy atom. The van der Waals surface area contributed by atoms with Crippen LogP contribution in [-0.2, 0) is 0 Å². The zero-order valence-electron chi connectivity index (χ0n) is 10.9. The molecular weight excluding hydrogens is 212 g/mol. The van der Waals surface area contributed by atoms with E-state index in [2.05, 4.69) is 23.7 Å². The van der Waals surface area contributed by atoms with Crippen molar-refractivity contribution in [3.63, 3.8) is 0 Å². The first-order chi connectivity index (χ1) is 8.09. The summed E-state index contributed by atoms with van der Waals surface area (Å²) in [7, 11) is 0. The molecule has 1 atom stereocenters. The maximum absolute atomic E-state index is 9.82. The van der Waals surface area contributed by atoms with Crippen LogP contribution < -0.4 is 4.90 Å². The van der Waals surface area contributed by atoms with Crippen molar-refractivity contribution < 1.29 is 5.11 Å². The van der Waals surface area contributed by atoms with Crippen molar-refractivity contribution in [2.24, 2.45) is 5.92 Å². The van der Waals surface area contributed by atoms with Gasteiger partial charge in [0, 0.05) is 24.3 Å². The molecule has 0 aromatic carbocycles. The van der Waals surface area contributed by atoms with Gasteiger partial charge in [0.2, 0.25) is 0 Å². The molecule has 1 aliphatic carbocycles. The lowest BCUT2D eigenvalue weighted by Gasteiger charge is -2.28. The fraction of sp³-hybridized carbons (Fsp3) is 0.643. The van der Waals surface area contributed by atoms with Crippen molar-refractivity contribution in [1.82, 2.24) is 4.98 Å². The molecule has 1 N–H and O–H groups in total. The molecule has 94 valence electrons. The zero-order chi connectivity index (χ0) is 12.4. The van der Waals surface area contributed by atoms with E-state index in [-0.39, 0.29) is 0 Å². The van der Waals surface area contributed by atoms with Gasteiger partial charge in [-0.1, -0.05) is 19.9 Å². The van der Waals surface area contributed by atoms with E-state index >= 15 is 0 Å². The summed E-state index contributed by atoms with van der Waals surface area (Å²) >= 11 is 0. The van der Waals surface area contributed by atoms with Crippen LogP contribution in [0.4, 0.5) is 5.82 Å². The highest BCUT2D eigenvalue weighted by Crippen LogP contribution is 2.34. The highest BCUT2D eigenvalue weighted by molar-refractivity contribution is 5.49. The van der Waals surface area contributed by atoms with Gasteiger partial charge < -0.3 is 10.0 Å². The first-order valence-electron chi connectivity index (χ1n) is 6.49. The van der Waals surface area contributed by atoms with E-state index < -0.39 is 6.10 Å². The van der Waals surface area contributed by atoms with Gasteiger partial charge in [0.15, 0.2) is 0 Å². The molecule has 1 aliphatic rings. The summed E-state index contributed by atoms with van der Waals surface area (Å²) < 4.78 is 0. The summed E-state index contributed by atoms with van der Waals surface area (Å²) in [5, 5.41) is 9.82. The molecule has 1 heterocycles. The fourth-order valence-corrected chi connectivity index (χ4v) is 2.16. The van der Waals surface area contributed by atoms with Gasteiger partial charge in [0.05, 0.1) is 6.10 Å². The quantitative estimate of drug-likeness (QED) is 0.851. The van der Waals surface area contributed by atoms with Gasteiger partial charge >= 0.3 is 0 Å². The largest absolute Gasteiger partial charge is 0.389 e. The minimum Gasteiger partial charge on any atom is -0.389 e. The number of pyridine rings is 1. The summed E-state index contributed by atoms with van der Waals surface area (Å²) in [6.45, 7) is 7.27. The van der Waals surface area contributed by atoms with E-state index in [0.717, 1.165) is 17.9 Å². The van der Waals surface area contributed by atoms with E-state index in [4.69, 9.17) is 0 Å². The number of aliphatic hydroxyl groups is 1. The molecule has 3 heteroatoms. The molecule has 3 nitrogen and oxygen atoms in total. The second-order valence-corrected chi connectivity index (χ2v) is 5.37. The Labute approximate surface area is 103 Å². The second kappa shape index (κ2) is 5.05. The minimum atomic E-state index is -0.452. The van der Waals surface area contributed by atoms with Crippen LogP contribution >= 0.6 is 0 Å². The van der Waals surface area contributed by atoms with Crippen molar-refractivity contribution in [3.8, 4) is 0 Å². The molecule has 1 unspecified atom stereocenters. The average molecular weight is 234 g/mol. The first kappa shape index (κ1) is 12.4. The van der Waals surface area contributed by atoms with E-state index in [1.807, 2.05) is 18.3 Å². The maximum atomic E-state index is 9.82. The minimum absolute atomic E-state index is 0.452. The third-order valence-corrected chi connectivity index (χ3v) is 3.09. The van der Waals surface area contributed by atoms with E-state index in [9.17, 15) is 5.11 Å². The van der Waals surface area contributed by atoms with Crippen LogP contribution in [0, 0.1) is 5.92 Å². The molecule has 0 saturated heterocycles. The Bertz CT molecular complexity index is 372. The summed E-state index contributed by atoms with van der Waals surface area (Å²) in [6, 6.07) is 4.50. The van der Waals surface area contributed by atoms with Crippen molar-refractivity contribution >= 4 is 5.82 Å². The Balaban J connectivity index is 2.28. The average Bonchev–Trinajstić information content (AvgIpc) is 3.09. The molecule has 1 aromatic rings. The third-order valence-electron chi connectivity index (χ3n) is 3.09. The molecule has 1 fully saturated rings. The Morgan fingerprint density at radius 3 is 2.65 bits per heavy atom. The van der Waals surface area contributed by atoms with E-state index in [1.165, 1.54) is 12.8 Å². The van der Waals surface area contributed by atoms with Gasteiger partial charge in [-0.3, -0.25) is 0 Å². The molecule has 2 rings (SSSR count). The lowest BCUT2D eigenvalue weighted by atomic mass is 10.1. The molecule has 0 bridgehead atoms. The van der Waals surface area contributed by atoms with Crippen molar-refractivity contribution in [2.75, 3.05) is 11.4 Å². The molecule has 1 saturated carbocycles. The van der Waals surface area contributed by atoms with Crippen LogP contribution in [0.3, 0.4) is 0 Å². The Morgan fingerprint density at radius 2 is 2.12 bits per heavy atom. The predicted molar refractivity (Wildman–Crippen MR) is 70.1 cm³/mol. The van der Waals surface area contributed by atoms with Crippen molar-refractivity contribution in [1.29, 1.82) is 0 Å². The number of nitrogens with zero attached hydrogens (tertiary/aromatic N) is 2. The van der Waals surface area contributed by atoms with Crippen LogP contribution in [0.15, 0.2) is 18.3 Å². The zero-order valence-corrected chi connectivity index (χ0v) is 10.9. The lowest BCUT2D eigenvalue weighted by Crippen LogP contribution is -2.31. The van der Waals surface area contributed by atoms with Gasteiger partial charge in [0.1, 0.15) is 5.82 Å². The number of hydrogen-bond acceptors (Lipinski definition) is 3. The van der Waals surface area contributed by atoms with Gasteiger partial charge in [-0.25, -0.2) is 4.98 Å². The summed E-state index contributed by atoms with van der Waals surface area (Å²) in [5.41, 5.74) is 0.944. The molecule has 0 radical (unpaired) electrons. The lowest BCUT2D eigenvalue weighted by molar-refractivity contribution is 0.199. The number of aliphatic hydroxyl groups excluding tert-OH is 1. The van der Waals surface area contributed by atoms with E-state index in [0.29, 0.717) is 12.0 Å². The van der Waals surface area contributed by atoms with Crippen LogP contribution in [-0.4, -0.2) is 22.7 Å². The van der Waals surface area contributed by atoms with Crippen LogP contribution in [0.2, 0.25) is 0 Å². The van der Waals surface area contributed by atoms with Gasteiger partial charge in [0.25, 0.3) is 0 Å². The number of anilines is 1. The van der Waals surface area contributed by atoms with Crippen molar-refractivity contribution in [3.05, 3.63) is 23.9 Å². The SMILES string of the molecule is CC(C)CN(c1ncccc1C(C)O)C1CC1. The smallest absolute Gasteiger partial charge is 0.134 e. The highest BCUT2D eigenvalue weighted by atomic mass is 16.3. The van der Waals surface area contributed by atoms with Crippen LogP contribution in [0.1, 0.15) is 45.3 Å². The van der Waals surface area contributed by atoms with Crippen LogP contribution in [0.25, 0.3) is 0 Å². The van der Waals surface area contributed by atoms with Crippen molar-refractivity contribution in [2.45, 2.75) is 45.8 Å². The Hall–Kier alpha value is -1.09. The van der Waals surface area contributed by atoms with Gasteiger partial charge in [-0.05, 0) is 31.7 Å². The first-order valence-corrected chi connectivity index (χ1v) is 6.49. The van der Waals surface area contributed by atoms with Gasteiger partial charge in [-0.15, -0.1) is 0 Å². The standard InChI is InChI=1S/C14H22N2O/c1-10(2)9-16(12-6-7-12)14-13(11(3)17)5-4-8-15-14/h4-5,8,10-12,17H,6-7,9H2,1-3H3. The molecule has 0 aliphatic heterocycles. The Kier molecular flexibility index (Phi) is 3.67. The topological polar surface area (TPSA) is 36.4 Å². The molecular formula is C14H22N2O. The highest BCUT2D eigenvalue weighted by Gasteiger charge is 2.31. The number of hydrogen-bond donors (Lipinski definition) is 1. The summed E-state index contributed by atoms with van der Waals surface area (Å²) in [4.78, 5) is 6.85. The predicted octanol–water partition coefficient (Wildman–Crippen LogP) is 2.76. The fourth-order valence-electron chi connectivity index (χ4n) is 2.16. The summed E-state index contributed by atoms with van der Waals surface area (Å²) in [5.74, 6) is 1.58. The molecule has 0 spiro atoms. The monoisotopic (exact) mass is 234 g/mol. The number of rotatable bonds is 5. The molecule has 1 aromatic heterocycles. The normalized spacial score (nSPS) is 17.2. The van der Waals surface area contributed by atoms with Gasteiger partial charge in [-0.2, -0.15) is 0 Å². The molecule has 0 amide bonds.